The van der Waals surface area contributed by atoms with Gasteiger partial charge in [0.05, 0.1) is 10.7 Å². The van der Waals surface area contributed by atoms with E-state index in [-0.39, 0.29) is 22.2 Å². The maximum Gasteiger partial charge on any atom is 0.339 e. The van der Waals surface area contributed by atoms with Crippen molar-refractivity contribution in [2.24, 2.45) is 0 Å². The molecular formula is C13H16ClN3O4. The number of amides is 3. The molecule has 0 bridgehead atoms. The number of urea groups is 1. The van der Waals surface area contributed by atoms with Crippen molar-refractivity contribution >= 4 is 35.2 Å². The number of nitrogens with zero attached hydrogens (tertiary/aromatic N) is 1. The van der Waals surface area contributed by atoms with Crippen molar-refractivity contribution in [2.75, 3.05) is 19.4 Å². The van der Waals surface area contributed by atoms with Crippen LogP contribution in [0.25, 0.3) is 0 Å². The first-order valence-corrected chi connectivity index (χ1v) is 6.42. The van der Waals surface area contributed by atoms with Crippen LogP contribution in [-0.4, -0.2) is 48.1 Å². The minimum atomic E-state index is -1.26. The van der Waals surface area contributed by atoms with Crippen LogP contribution in [0.15, 0.2) is 18.2 Å². The van der Waals surface area contributed by atoms with Crippen molar-refractivity contribution in [3.8, 4) is 0 Å². The van der Waals surface area contributed by atoms with Gasteiger partial charge in [0.25, 0.3) is 0 Å². The quantitative estimate of drug-likeness (QED) is 0.787. The first kappa shape index (κ1) is 16.8. The molecule has 0 heterocycles. The number of halogens is 1. The van der Waals surface area contributed by atoms with Crippen LogP contribution in [0.1, 0.15) is 17.3 Å². The minimum absolute atomic E-state index is 0.0118. The Morgan fingerprint density at radius 2 is 1.90 bits per heavy atom. The monoisotopic (exact) mass is 313 g/mol. The van der Waals surface area contributed by atoms with Crippen LogP contribution in [0.5, 0.6) is 0 Å². The van der Waals surface area contributed by atoms with Gasteiger partial charge < -0.3 is 20.6 Å². The fraction of sp³-hybridized carbons (Fsp3) is 0.308. The second-order valence-electron chi connectivity index (χ2n) is 4.52. The maximum absolute atomic E-state index is 11.8. The van der Waals surface area contributed by atoms with Gasteiger partial charge >= 0.3 is 12.0 Å². The van der Waals surface area contributed by atoms with E-state index in [0.29, 0.717) is 0 Å². The van der Waals surface area contributed by atoms with Gasteiger partial charge in [0, 0.05) is 14.1 Å². The number of likely N-dealkylation sites (N-methyl/N-ethyl adjacent to an activating group) is 1. The second kappa shape index (κ2) is 6.94. The number of carbonyl (C=O) groups is 3. The van der Waals surface area contributed by atoms with Crippen molar-refractivity contribution in [3.05, 3.63) is 28.8 Å². The lowest BCUT2D eigenvalue weighted by molar-refractivity contribution is -0.130. The SMILES string of the molecule is CC(NC(=O)Nc1cccc(Cl)c1C(=O)O)C(=O)N(C)C. The molecular weight excluding hydrogens is 298 g/mol. The van der Waals surface area contributed by atoms with Crippen LogP contribution in [0.2, 0.25) is 5.02 Å². The number of nitrogens with one attached hydrogen (secondary N) is 2. The van der Waals surface area contributed by atoms with Crippen LogP contribution in [0.3, 0.4) is 0 Å². The van der Waals surface area contributed by atoms with Crippen molar-refractivity contribution in [3.63, 3.8) is 0 Å². The van der Waals surface area contributed by atoms with Crippen molar-refractivity contribution in [1.82, 2.24) is 10.2 Å². The Morgan fingerprint density at radius 3 is 2.43 bits per heavy atom. The summed E-state index contributed by atoms with van der Waals surface area (Å²) < 4.78 is 0. The Morgan fingerprint density at radius 1 is 1.29 bits per heavy atom. The first-order chi connectivity index (χ1) is 9.73. The summed E-state index contributed by atoms with van der Waals surface area (Å²) in [7, 11) is 3.13. The summed E-state index contributed by atoms with van der Waals surface area (Å²) in [6.45, 7) is 1.53. The Balaban J connectivity index is 2.83. The molecule has 1 atom stereocenters. The van der Waals surface area contributed by atoms with E-state index in [1.807, 2.05) is 0 Å². The predicted octanol–water partition coefficient (Wildman–Crippen LogP) is 1.64. The van der Waals surface area contributed by atoms with E-state index in [4.69, 9.17) is 16.7 Å². The van der Waals surface area contributed by atoms with Crippen LogP contribution in [0.4, 0.5) is 10.5 Å². The zero-order valence-electron chi connectivity index (χ0n) is 11.8. The molecule has 8 heteroatoms. The number of hydrogen-bond donors (Lipinski definition) is 3. The largest absolute Gasteiger partial charge is 0.478 e. The molecule has 1 unspecified atom stereocenters. The molecule has 7 nitrogen and oxygen atoms in total. The van der Waals surface area contributed by atoms with Gasteiger partial charge in [-0.25, -0.2) is 9.59 Å². The van der Waals surface area contributed by atoms with Gasteiger partial charge in [-0.1, -0.05) is 17.7 Å². The summed E-state index contributed by atoms with van der Waals surface area (Å²) in [6.07, 6.45) is 0. The summed E-state index contributed by atoms with van der Waals surface area (Å²) in [5, 5.41) is 13.9. The number of carboxylic acid groups (broad SMARTS) is 1. The molecule has 3 amide bonds. The Kier molecular flexibility index (Phi) is 5.54. The molecule has 21 heavy (non-hydrogen) atoms. The van der Waals surface area contributed by atoms with Crippen molar-refractivity contribution < 1.29 is 19.5 Å². The van der Waals surface area contributed by atoms with Gasteiger partial charge in [0.2, 0.25) is 5.91 Å². The number of aromatic carboxylic acids is 1. The molecule has 0 saturated carbocycles. The van der Waals surface area contributed by atoms with E-state index in [0.717, 1.165) is 0 Å². The smallest absolute Gasteiger partial charge is 0.339 e. The van der Waals surface area contributed by atoms with Crippen LogP contribution in [0, 0.1) is 0 Å². The molecule has 3 N–H and O–H groups in total. The molecule has 0 radical (unpaired) electrons. The van der Waals surface area contributed by atoms with Crippen LogP contribution in [-0.2, 0) is 4.79 Å². The third-order valence-corrected chi connectivity index (χ3v) is 2.95. The number of carboxylic acids is 1. The molecule has 1 aromatic rings. The van der Waals surface area contributed by atoms with Gasteiger partial charge in [-0.15, -0.1) is 0 Å². The lowest BCUT2D eigenvalue weighted by Gasteiger charge is -2.18. The van der Waals surface area contributed by atoms with Gasteiger partial charge in [0.15, 0.2) is 0 Å². The first-order valence-electron chi connectivity index (χ1n) is 6.04. The summed E-state index contributed by atoms with van der Waals surface area (Å²) in [6, 6.07) is 2.90. The lowest BCUT2D eigenvalue weighted by atomic mass is 10.2. The van der Waals surface area contributed by atoms with E-state index in [1.165, 1.54) is 30.0 Å². The third-order valence-electron chi connectivity index (χ3n) is 2.63. The van der Waals surface area contributed by atoms with E-state index in [2.05, 4.69) is 10.6 Å². The van der Waals surface area contributed by atoms with E-state index < -0.39 is 18.0 Å². The molecule has 1 aromatic carbocycles. The standard InChI is InChI=1S/C13H16ClN3O4/c1-7(11(18)17(2)3)15-13(21)16-9-6-4-5-8(14)10(9)12(19)20/h4-7H,1-3H3,(H,19,20)(H2,15,16,21). The minimum Gasteiger partial charge on any atom is -0.478 e. The van der Waals surface area contributed by atoms with E-state index >= 15 is 0 Å². The number of anilines is 1. The van der Waals surface area contributed by atoms with Gasteiger partial charge in [-0.2, -0.15) is 0 Å². The highest BCUT2D eigenvalue weighted by Crippen LogP contribution is 2.24. The van der Waals surface area contributed by atoms with E-state index in [1.54, 1.807) is 14.1 Å². The summed E-state index contributed by atoms with van der Waals surface area (Å²) in [5.41, 5.74) is -0.155. The molecule has 0 fully saturated rings. The number of rotatable bonds is 4. The topological polar surface area (TPSA) is 98.7 Å². The zero-order valence-corrected chi connectivity index (χ0v) is 12.6. The number of benzene rings is 1. The molecule has 0 aliphatic rings. The Hall–Kier alpha value is -2.28. The molecule has 0 aliphatic carbocycles. The summed E-state index contributed by atoms with van der Waals surface area (Å²) in [5.74, 6) is -1.54. The zero-order chi connectivity index (χ0) is 16.2. The highest BCUT2D eigenvalue weighted by Gasteiger charge is 2.19. The van der Waals surface area contributed by atoms with Crippen LogP contribution >= 0.6 is 11.6 Å². The Bertz CT molecular complexity index is 575. The average Bonchev–Trinajstić information content (AvgIpc) is 2.36. The lowest BCUT2D eigenvalue weighted by Crippen LogP contribution is -2.45. The fourth-order valence-electron chi connectivity index (χ4n) is 1.65. The maximum atomic E-state index is 11.8. The Labute approximate surface area is 126 Å². The second-order valence-corrected chi connectivity index (χ2v) is 4.93. The summed E-state index contributed by atoms with van der Waals surface area (Å²) in [4.78, 5) is 35.9. The molecule has 114 valence electrons. The molecule has 0 saturated heterocycles. The van der Waals surface area contributed by atoms with E-state index in [9.17, 15) is 14.4 Å². The highest BCUT2D eigenvalue weighted by molar-refractivity contribution is 6.34. The van der Waals surface area contributed by atoms with Crippen molar-refractivity contribution in [1.29, 1.82) is 0 Å². The number of hydrogen-bond acceptors (Lipinski definition) is 3. The van der Waals surface area contributed by atoms with Crippen molar-refractivity contribution in [2.45, 2.75) is 13.0 Å². The predicted molar refractivity (Wildman–Crippen MR) is 78.7 cm³/mol. The van der Waals surface area contributed by atoms with Gasteiger partial charge in [-0.3, -0.25) is 4.79 Å². The molecule has 0 aliphatic heterocycles. The van der Waals surface area contributed by atoms with Gasteiger partial charge in [-0.05, 0) is 19.1 Å². The molecule has 0 spiro atoms. The highest BCUT2D eigenvalue weighted by atomic mass is 35.5. The third kappa shape index (κ3) is 4.35. The number of carbonyl (C=O) groups excluding carboxylic acids is 2. The molecule has 0 aromatic heterocycles. The normalized spacial score (nSPS) is 11.4. The summed E-state index contributed by atoms with van der Waals surface area (Å²) >= 11 is 5.79. The molecule has 1 rings (SSSR count). The average molecular weight is 314 g/mol. The van der Waals surface area contributed by atoms with Crippen LogP contribution < -0.4 is 10.6 Å². The fourth-order valence-corrected chi connectivity index (χ4v) is 1.91. The van der Waals surface area contributed by atoms with Gasteiger partial charge in [0.1, 0.15) is 11.6 Å².